The summed E-state index contributed by atoms with van der Waals surface area (Å²) in [7, 11) is -1.65. The van der Waals surface area contributed by atoms with Crippen LogP contribution in [0.25, 0.3) is 0 Å². The molecule has 0 heterocycles. The quantitative estimate of drug-likeness (QED) is 0.379. The van der Waals surface area contributed by atoms with Gasteiger partial charge >= 0.3 is 0 Å². The van der Waals surface area contributed by atoms with Crippen LogP contribution in [0.5, 0.6) is 0 Å². The standard InChI is InChI=1S/C19H32Br2N2OSi/c1-19(2,3)25(4,5)24-16-8-6-15(7-9-16)23-12-13-10-14(20)11-17(21)18(13)22/h10-11,15-16,23H,6-9,12,22H2,1-5H3. The fraction of sp³-hybridized carbons (Fsp3) is 0.684. The molecule has 1 fully saturated rings. The first kappa shape index (κ1) is 21.4. The highest BCUT2D eigenvalue weighted by atomic mass is 79.9. The first-order valence-corrected chi connectivity index (χ1v) is 13.6. The monoisotopic (exact) mass is 490 g/mol. The summed E-state index contributed by atoms with van der Waals surface area (Å²) in [5, 5.41) is 3.97. The molecule has 3 nitrogen and oxygen atoms in total. The Kier molecular flexibility index (Phi) is 7.22. The lowest BCUT2D eigenvalue weighted by molar-refractivity contribution is 0.124. The second-order valence-electron chi connectivity index (χ2n) is 8.69. The van der Waals surface area contributed by atoms with Crippen molar-refractivity contribution in [3.05, 3.63) is 26.6 Å². The van der Waals surface area contributed by atoms with Gasteiger partial charge < -0.3 is 15.5 Å². The van der Waals surface area contributed by atoms with Crippen LogP contribution in [-0.4, -0.2) is 20.5 Å². The first-order valence-electron chi connectivity index (χ1n) is 9.14. The lowest BCUT2D eigenvalue weighted by Gasteiger charge is -2.41. The molecule has 25 heavy (non-hydrogen) atoms. The van der Waals surface area contributed by atoms with Gasteiger partial charge in [-0.2, -0.15) is 0 Å². The first-order chi connectivity index (χ1) is 11.5. The van der Waals surface area contributed by atoms with Gasteiger partial charge in [0.05, 0.1) is 5.69 Å². The van der Waals surface area contributed by atoms with Gasteiger partial charge in [0.25, 0.3) is 0 Å². The van der Waals surface area contributed by atoms with E-state index in [9.17, 15) is 0 Å². The molecule has 0 bridgehead atoms. The molecule has 2 rings (SSSR count). The summed E-state index contributed by atoms with van der Waals surface area (Å²) < 4.78 is 8.59. The summed E-state index contributed by atoms with van der Waals surface area (Å²) in [6.45, 7) is 12.4. The van der Waals surface area contributed by atoms with Gasteiger partial charge in [0.15, 0.2) is 8.32 Å². The molecule has 0 saturated heterocycles. The highest BCUT2D eigenvalue weighted by molar-refractivity contribution is 9.11. The minimum atomic E-state index is -1.65. The van der Waals surface area contributed by atoms with Crippen molar-refractivity contribution >= 4 is 45.9 Å². The van der Waals surface area contributed by atoms with E-state index in [1.54, 1.807) is 0 Å². The van der Waals surface area contributed by atoms with Gasteiger partial charge in [0.1, 0.15) is 0 Å². The van der Waals surface area contributed by atoms with Crippen molar-refractivity contribution in [2.75, 3.05) is 5.73 Å². The van der Waals surface area contributed by atoms with Gasteiger partial charge in [-0.15, -0.1) is 0 Å². The summed E-state index contributed by atoms with van der Waals surface area (Å²) in [6, 6.07) is 4.64. The topological polar surface area (TPSA) is 47.3 Å². The van der Waals surface area contributed by atoms with Gasteiger partial charge in [-0.3, -0.25) is 0 Å². The minimum absolute atomic E-state index is 0.285. The predicted octanol–water partition coefficient (Wildman–Crippen LogP) is 6.22. The van der Waals surface area contributed by atoms with Crippen LogP contribution >= 0.6 is 31.9 Å². The minimum Gasteiger partial charge on any atom is -0.414 e. The second-order valence-corrected chi connectivity index (χ2v) is 15.2. The Hall–Kier alpha value is 0.117. The van der Waals surface area contributed by atoms with E-state index in [1.807, 2.05) is 6.07 Å². The van der Waals surface area contributed by atoms with Crippen LogP contribution in [0.3, 0.4) is 0 Å². The van der Waals surface area contributed by atoms with Gasteiger partial charge in [0.2, 0.25) is 0 Å². The largest absolute Gasteiger partial charge is 0.414 e. The Morgan fingerprint density at radius 2 is 1.76 bits per heavy atom. The zero-order chi connectivity index (χ0) is 18.8. The number of benzene rings is 1. The van der Waals surface area contributed by atoms with Gasteiger partial charge in [0, 0.05) is 27.6 Å². The van der Waals surface area contributed by atoms with Crippen LogP contribution in [0, 0.1) is 0 Å². The van der Waals surface area contributed by atoms with E-state index in [-0.39, 0.29) is 5.04 Å². The normalized spacial score (nSPS) is 22.2. The highest BCUT2D eigenvalue weighted by Crippen LogP contribution is 2.39. The summed E-state index contributed by atoms with van der Waals surface area (Å²) >= 11 is 7.06. The van der Waals surface area contributed by atoms with Crippen LogP contribution in [-0.2, 0) is 11.0 Å². The van der Waals surface area contributed by atoms with Gasteiger partial charge in [-0.1, -0.05) is 36.7 Å². The van der Waals surface area contributed by atoms with E-state index in [4.69, 9.17) is 10.2 Å². The molecule has 0 amide bonds. The molecular formula is C19H32Br2N2OSi. The number of rotatable bonds is 5. The third-order valence-corrected chi connectivity index (χ3v) is 11.4. The van der Waals surface area contributed by atoms with Crippen LogP contribution in [0.1, 0.15) is 52.0 Å². The third-order valence-electron chi connectivity index (χ3n) is 5.70. The third kappa shape index (κ3) is 5.80. The molecule has 0 unspecified atom stereocenters. The van der Waals surface area contributed by atoms with Crippen molar-refractivity contribution in [2.24, 2.45) is 0 Å². The fourth-order valence-electron chi connectivity index (χ4n) is 3.02. The summed E-state index contributed by atoms with van der Waals surface area (Å²) in [5.41, 5.74) is 8.14. The van der Waals surface area contributed by atoms with Crippen LogP contribution in [0.4, 0.5) is 5.69 Å². The summed E-state index contributed by atoms with van der Waals surface area (Å²) in [6.07, 6.45) is 5.09. The van der Waals surface area contributed by atoms with E-state index < -0.39 is 8.32 Å². The number of hydrogen-bond donors (Lipinski definition) is 2. The molecule has 3 N–H and O–H groups in total. The van der Waals surface area contributed by atoms with E-state index >= 15 is 0 Å². The molecule has 0 radical (unpaired) electrons. The molecular weight excluding hydrogens is 460 g/mol. The van der Waals surface area contributed by atoms with Crippen molar-refractivity contribution in [2.45, 2.75) is 83.3 Å². The maximum Gasteiger partial charge on any atom is 0.192 e. The van der Waals surface area contributed by atoms with E-state index in [1.165, 1.54) is 12.8 Å². The molecule has 6 heteroatoms. The Bertz CT molecular complexity index is 594. The number of nitrogens with one attached hydrogen (secondary N) is 1. The second kappa shape index (κ2) is 8.42. The number of hydrogen-bond acceptors (Lipinski definition) is 3. The molecule has 1 saturated carbocycles. The van der Waals surface area contributed by atoms with Crippen molar-refractivity contribution in [3.8, 4) is 0 Å². The van der Waals surface area contributed by atoms with Crippen molar-refractivity contribution in [1.29, 1.82) is 0 Å². The lowest BCUT2D eigenvalue weighted by Crippen LogP contribution is -2.46. The Balaban J connectivity index is 1.83. The number of anilines is 1. The average Bonchev–Trinajstić information content (AvgIpc) is 2.49. The Morgan fingerprint density at radius 3 is 2.32 bits per heavy atom. The Morgan fingerprint density at radius 1 is 1.16 bits per heavy atom. The van der Waals surface area contributed by atoms with Gasteiger partial charge in [-0.05, 0) is 77.4 Å². The van der Waals surface area contributed by atoms with Crippen LogP contribution in [0.15, 0.2) is 21.1 Å². The molecule has 0 spiro atoms. The molecule has 1 aromatic carbocycles. The van der Waals surface area contributed by atoms with E-state index in [2.05, 4.69) is 77.1 Å². The SMILES string of the molecule is CC(C)(C)[Si](C)(C)OC1CCC(NCc2cc(Br)cc(Br)c2N)CC1. The number of halogens is 2. The fourth-order valence-corrected chi connectivity index (χ4v) is 5.75. The zero-order valence-corrected chi connectivity index (χ0v) is 20.3. The highest BCUT2D eigenvalue weighted by Gasteiger charge is 2.39. The van der Waals surface area contributed by atoms with Crippen LogP contribution < -0.4 is 11.1 Å². The average molecular weight is 492 g/mol. The summed E-state index contributed by atoms with van der Waals surface area (Å²) in [5.74, 6) is 0. The Labute approximate surface area is 170 Å². The van der Waals surface area contributed by atoms with Crippen LogP contribution in [0.2, 0.25) is 18.1 Å². The molecule has 1 aliphatic rings. The smallest absolute Gasteiger partial charge is 0.192 e. The van der Waals surface area contributed by atoms with E-state index in [0.717, 1.165) is 39.6 Å². The van der Waals surface area contributed by atoms with Crippen molar-refractivity contribution in [1.82, 2.24) is 5.32 Å². The molecule has 1 aromatic rings. The lowest BCUT2D eigenvalue weighted by atomic mass is 9.93. The summed E-state index contributed by atoms with van der Waals surface area (Å²) in [4.78, 5) is 0. The predicted molar refractivity (Wildman–Crippen MR) is 117 cm³/mol. The molecule has 0 aliphatic heterocycles. The molecule has 142 valence electrons. The molecule has 1 aliphatic carbocycles. The van der Waals surface area contributed by atoms with E-state index in [0.29, 0.717) is 12.1 Å². The maximum absolute atomic E-state index is 6.58. The zero-order valence-electron chi connectivity index (χ0n) is 16.1. The molecule has 0 aromatic heterocycles. The van der Waals surface area contributed by atoms with Crippen molar-refractivity contribution in [3.63, 3.8) is 0 Å². The van der Waals surface area contributed by atoms with Crippen molar-refractivity contribution < 1.29 is 4.43 Å². The molecule has 0 atom stereocenters. The number of nitrogen functional groups attached to an aromatic ring is 1. The maximum atomic E-state index is 6.58. The van der Waals surface area contributed by atoms with Gasteiger partial charge in [-0.25, -0.2) is 0 Å². The number of nitrogens with two attached hydrogens (primary N) is 1.